The summed E-state index contributed by atoms with van der Waals surface area (Å²) >= 11 is 0. The molecule has 2 aromatic rings. The smallest absolute Gasteiger partial charge is 0.376 e. The van der Waals surface area contributed by atoms with E-state index in [2.05, 4.69) is 30.1 Å². The number of carbonyl (C=O) groups excluding carboxylic acids is 1. The van der Waals surface area contributed by atoms with Crippen LogP contribution in [0, 0.1) is 6.92 Å². The van der Waals surface area contributed by atoms with Gasteiger partial charge in [0.25, 0.3) is 0 Å². The van der Waals surface area contributed by atoms with E-state index in [-0.39, 0.29) is 5.76 Å². The predicted molar refractivity (Wildman–Crippen MR) is 80.4 cm³/mol. The maximum atomic E-state index is 11.8. The third-order valence-electron chi connectivity index (χ3n) is 3.25. The molecule has 112 valence electrons. The quantitative estimate of drug-likeness (QED) is 0.763. The molecule has 0 bridgehead atoms. The summed E-state index contributed by atoms with van der Waals surface area (Å²) in [5.74, 6) is 0.415. The predicted octanol–water partition coefficient (Wildman–Crippen LogP) is 3.51. The van der Waals surface area contributed by atoms with Gasteiger partial charge in [0.15, 0.2) is 5.89 Å². The molecule has 0 saturated carbocycles. The van der Waals surface area contributed by atoms with E-state index in [4.69, 9.17) is 9.15 Å². The van der Waals surface area contributed by atoms with Crippen molar-refractivity contribution in [1.29, 1.82) is 0 Å². The Morgan fingerprint density at radius 1 is 1.29 bits per heavy atom. The number of carbonyl (C=O) groups is 1. The molecule has 0 spiro atoms. The van der Waals surface area contributed by atoms with Crippen molar-refractivity contribution in [3.63, 3.8) is 0 Å². The van der Waals surface area contributed by atoms with Crippen molar-refractivity contribution in [3.8, 4) is 0 Å². The van der Waals surface area contributed by atoms with Crippen molar-refractivity contribution in [3.05, 3.63) is 52.7 Å². The van der Waals surface area contributed by atoms with Crippen LogP contribution in [0.5, 0.6) is 0 Å². The molecule has 0 amide bonds. The number of aryl methyl sites for hydroxylation is 4. The van der Waals surface area contributed by atoms with Crippen LogP contribution in [0.1, 0.15) is 47.1 Å². The Morgan fingerprint density at radius 3 is 2.76 bits per heavy atom. The number of nitrogens with zero attached hydrogens (tertiary/aromatic N) is 1. The summed E-state index contributed by atoms with van der Waals surface area (Å²) in [6.45, 7) is 6.13. The molecule has 0 aliphatic heterocycles. The van der Waals surface area contributed by atoms with Gasteiger partial charge in [0.05, 0.1) is 12.3 Å². The van der Waals surface area contributed by atoms with Crippen LogP contribution in [-0.2, 0) is 24.0 Å². The van der Waals surface area contributed by atoms with E-state index in [0.29, 0.717) is 31.0 Å². The number of ether oxygens (including phenoxy) is 1. The molecule has 1 aromatic heterocycles. The van der Waals surface area contributed by atoms with Crippen LogP contribution in [0.4, 0.5) is 0 Å². The van der Waals surface area contributed by atoms with E-state index in [9.17, 15) is 4.79 Å². The van der Waals surface area contributed by atoms with Gasteiger partial charge in [0.2, 0.25) is 5.76 Å². The molecule has 0 fully saturated rings. The molecule has 0 radical (unpaired) electrons. The lowest BCUT2D eigenvalue weighted by Crippen LogP contribution is -2.05. The average molecular weight is 287 g/mol. The van der Waals surface area contributed by atoms with E-state index < -0.39 is 5.97 Å². The van der Waals surface area contributed by atoms with Gasteiger partial charge in [0.1, 0.15) is 0 Å². The van der Waals surface area contributed by atoms with Crippen molar-refractivity contribution < 1.29 is 13.9 Å². The number of esters is 1. The first-order chi connectivity index (χ1) is 10.1. The third-order valence-corrected chi connectivity index (χ3v) is 3.25. The van der Waals surface area contributed by atoms with Gasteiger partial charge >= 0.3 is 5.97 Å². The van der Waals surface area contributed by atoms with Crippen molar-refractivity contribution in [1.82, 2.24) is 4.98 Å². The monoisotopic (exact) mass is 287 g/mol. The van der Waals surface area contributed by atoms with E-state index >= 15 is 0 Å². The number of hydrogen-bond acceptors (Lipinski definition) is 4. The van der Waals surface area contributed by atoms with Crippen molar-refractivity contribution >= 4 is 5.97 Å². The topological polar surface area (TPSA) is 52.3 Å². The molecule has 0 unspecified atom stereocenters. The van der Waals surface area contributed by atoms with Gasteiger partial charge in [-0.05, 0) is 32.3 Å². The van der Waals surface area contributed by atoms with Crippen molar-refractivity contribution in [2.45, 2.75) is 40.0 Å². The minimum Gasteiger partial charge on any atom is -0.460 e. The highest BCUT2D eigenvalue weighted by Gasteiger charge is 2.19. The lowest BCUT2D eigenvalue weighted by Gasteiger charge is -2.00. The van der Waals surface area contributed by atoms with E-state index in [1.165, 1.54) is 11.1 Å². The molecule has 0 N–H and O–H groups in total. The van der Waals surface area contributed by atoms with Gasteiger partial charge in [-0.1, -0.05) is 36.8 Å². The van der Waals surface area contributed by atoms with Gasteiger partial charge in [-0.15, -0.1) is 0 Å². The molecule has 4 heteroatoms. The standard InChI is InChI=1S/C17H21NO3/c1-4-14-16(17(19)20-5-2)21-15(18-14)10-9-13-8-6-7-12(3)11-13/h6-8,11H,4-5,9-10H2,1-3H3. The molecular formula is C17H21NO3. The second-order valence-corrected chi connectivity index (χ2v) is 4.95. The first kappa shape index (κ1) is 15.3. The molecule has 4 nitrogen and oxygen atoms in total. The largest absolute Gasteiger partial charge is 0.460 e. The first-order valence-corrected chi connectivity index (χ1v) is 7.35. The fraction of sp³-hybridized carbons (Fsp3) is 0.412. The van der Waals surface area contributed by atoms with Crippen LogP contribution < -0.4 is 0 Å². The zero-order chi connectivity index (χ0) is 15.2. The molecule has 1 heterocycles. The van der Waals surface area contributed by atoms with Crippen LogP contribution in [-0.4, -0.2) is 17.6 Å². The lowest BCUT2D eigenvalue weighted by molar-refractivity contribution is 0.0486. The summed E-state index contributed by atoms with van der Waals surface area (Å²) in [5, 5.41) is 0. The van der Waals surface area contributed by atoms with E-state index in [1.807, 2.05) is 13.0 Å². The minimum atomic E-state index is -0.427. The van der Waals surface area contributed by atoms with Crippen LogP contribution in [0.15, 0.2) is 28.7 Å². The summed E-state index contributed by atoms with van der Waals surface area (Å²) in [6, 6.07) is 8.35. The number of hydrogen-bond donors (Lipinski definition) is 0. The molecule has 0 aliphatic rings. The Kier molecular flexibility index (Phi) is 5.14. The molecule has 0 aliphatic carbocycles. The van der Waals surface area contributed by atoms with E-state index in [1.54, 1.807) is 6.92 Å². The number of rotatable bonds is 6. The lowest BCUT2D eigenvalue weighted by atomic mass is 10.1. The summed E-state index contributed by atoms with van der Waals surface area (Å²) in [4.78, 5) is 16.2. The Bertz CT molecular complexity index is 616. The van der Waals surface area contributed by atoms with Gasteiger partial charge in [-0.25, -0.2) is 9.78 Å². The minimum absolute atomic E-state index is 0.249. The highest BCUT2D eigenvalue weighted by Crippen LogP contribution is 2.16. The Balaban J connectivity index is 2.08. The zero-order valence-corrected chi connectivity index (χ0v) is 12.8. The van der Waals surface area contributed by atoms with Crippen LogP contribution >= 0.6 is 0 Å². The van der Waals surface area contributed by atoms with E-state index in [0.717, 1.165) is 6.42 Å². The fourth-order valence-corrected chi connectivity index (χ4v) is 2.22. The number of oxazole rings is 1. The normalized spacial score (nSPS) is 10.6. The van der Waals surface area contributed by atoms with Gasteiger partial charge < -0.3 is 9.15 Å². The molecular weight excluding hydrogens is 266 g/mol. The summed E-state index contributed by atoms with van der Waals surface area (Å²) in [7, 11) is 0. The first-order valence-electron chi connectivity index (χ1n) is 7.35. The van der Waals surface area contributed by atoms with Crippen LogP contribution in [0.3, 0.4) is 0 Å². The molecule has 2 rings (SSSR count). The van der Waals surface area contributed by atoms with Gasteiger partial charge in [-0.2, -0.15) is 0 Å². The molecule has 1 aromatic carbocycles. The third kappa shape index (κ3) is 3.94. The van der Waals surface area contributed by atoms with Gasteiger partial charge in [-0.3, -0.25) is 0 Å². The Morgan fingerprint density at radius 2 is 2.10 bits per heavy atom. The fourth-order valence-electron chi connectivity index (χ4n) is 2.22. The maximum Gasteiger partial charge on any atom is 0.376 e. The van der Waals surface area contributed by atoms with Crippen molar-refractivity contribution in [2.24, 2.45) is 0 Å². The molecule has 0 atom stereocenters. The SMILES string of the molecule is CCOC(=O)c1oc(CCc2cccc(C)c2)nc1CC. The zero-order valence-electron chi connectivity index (χ0n) is 12.8. The highest BCUT2D eigenvalue weighted by atomic mass is 16.5. The summed E-state index contributed by atoms with van der Waals surface area (Å²) in [5.41, 5.74) is 3.15. The average Bonchev–Trinajstić information content (AvgIpc) is 2.89. The van der Waals surface area contributed by atoms with Crippen molar-refractivity contribution in [2.75, 3.05) is 6.61 Å². The highest BCUT2D eigenvalue weighted by molar-refractivity contribution is 5.87. The summed E-state index contributed by atoms with van der Waals surface area (Å²) in [6.07, 6.45) is 2.17. The Hall–Kier alpha value is -2.10. The Labute approximate surface area is 125 Å². The number of benzene rings is 1. The van der Waals surface area contributed by atoms with Gasteiger partial charge in [0, 0.05) is 6.42 Å². The second-order valence-electron chi connectivity index (χ2n) is 4.95. The molecule has 0 saturated heterocycles. The molecule has 21 heavy (non-hydrogen) atoms. The maximum absolute atomic E-state index is 11.8. The van der Waals surface area contributed by atoms with Crippen LogP contribution in [0.2, 0.25) is 0 Å². The second kappa shape index (κ2) is 7.07. The summed E-state index contributed by atoms with van der Waals surface area (Å²) < 4.78 is 10.6. The van der Waals surface area contributed by atoms with Crippen LogP contribution in [0.25, 0.3) is 0 Å². The number of aromatic nitrogens is 1.